The van der Waals surface area contributed by atoms with Gasteiger partial charge >= 0.3 is 0 Å². The van der Waals surface area contributed by atoms with Crippen LogP contribution in [0.15, 0.2) is 28.2 Å². The van der Waals surface area contributed by atoms with Crippen LogP contribution in [0.3, 0.4) is 0 Å². The van der Waals surface area contributed by atoms with Gasteiger partial charge in [0.05, 0.1) is 13.2 Å². The molecule has 2 N–H and O–H groups in total. The summed E-state index contributed by atoms with van der Waals surface area (Å²) in [7, 11) is -2.73. The van der Waals surface area contributed by atoms with Crippen molar-refractivity contribution < 1.29 is 17.9 Å². The molecule has 0 fully saturated rings. The average molecular weight is 284 g/mol. The molecule has 0 radical (unpaired) electrons. The van der Waals surface area contributed by atoms with Crippen LogP contribution in [0.1, 0.15) is 17.3 Å². The molecule has 102 valence electrons. The van der Waals surface area contributed by atoms with Gasteiger partial charge in [0.1, 0.15) is 10.6 Å². The van der Waals surface area contributed by atoms with Crippen molar-refractivity contribution in [3.8, 4) is 5.75 Å². The summed E-state index contributed by atoms with van der Waals surface area (Å²) in [5.74, 6) is -0.471. The van der Waals surface area contributed by atoms with Gasteiger partial charge in [-0.3, -0.25) is 4.79 Å². The van der Waals surface area contributed by atoms with E-state index in [1.54, 1.807) is 0 Å². The number of carbonyl (C=O) groups excluding carboxylic acids is 1. The molecular formula is C10H12N4O4S. The molecule has 0 unspecified atom stereocenters. The van der Waals surface area contributed by atoms with Crippen LogP contribution in [0.25, 0.3) is 10.4 Å². The van der Waals surface area contributed by atoms with Crippen molar-refractivity contribution in [1.82, 2.24) is 0 Å². The lowest BCUT2D eigenvalue weighted by Crippen LogP contribution is -2.17. The number of primary sulfonamides is 1. The van der Waals surface area contributed by atoms with Gasteiger partial charge < -0.3 is 4.74 Å². The van der Waals surface area contributed by atoms with E-state index in [2.05, 4.69) is 10.0 Å². The molecule has 0 aliphatic heterocycles. The Morgan fingerprint density at radius 1 is 1.53 bits per heavy atom. The number of carbonyl (C=O) groups is 1. The lowest BCUT2D eigenvalue weighted by atomic mass is 10.1. The van der Waals surface area contributed by atoms with E-state index in [1.807, 2.05) is 0 Å². The predicted octanol–water partition coefficient (Wildman–Crippen LogP) is 1.22. The van der Waals surface area contributed by atoms with Crippen molar-refractivity contribution in [3.05, 3.63) is 34.2 Å². The van der Waals surface area contributed by atoms with Crippen LogP contribution in [-0.2, 0) is 10.0 Å². The van der Waals surface area contributed by atoms with Crippen LogP contribution < -0.4 is 9.88 Å². The number of ketones is 1. The third-order valence-corrected chi connectivity index (χ3v) is 3.29. The van der Waals surface area contributed by atoms with Gasteiger partial charge in [-0.25, -0.2) is 13.6 Å². The van der Waals surface area contributed by atoms with E-state index >= 15 is 0 Å². The van der Waals surface area contributed by atoms with Crippen LogP contribution in [0.4, 0.5) is 0 Å². The number of ether oxygens (including phenoxy) is 1. The highest BCUT2D eigenvalue weighted by Gasteiger charge is 2.20. The minimum absolute atomic E-state index is 0.0375. The van der Waals surface area contributed by atoms with Gasteiger partial charge in [-0.1, -0.05) is 5.11 Å². The summed E-state index contributed by atoms with van der Waals surface area (Å²) in [6.45, 7) is 1.41. The van der Waals surface area contributed by atoms with Gasteiger partial charge in [0.15, 0.2) is 5.78 Å². The zero-order chi connectivity index (χ0) is 14.6. The first kappa shape index (κ1) is 15.0. The first-order valence-corrected chi connectivity index (χ1v) is 6.65. The number of nitrogens with two attached hydrogens (primary N) is 1. The molecule has 0 aromatic heterocycles. The quantitative estimate of drug-likeness (QED) is 0.376. The second kappa shape index (κ2) is 5.70. The summed E-state index contributed by atoms with van der Waals surface area (Å²) >= 11 is 0. The van der Waals surface area contributed by atoms with E-state index in [0.29, 0.717) is 0 Å². The molecule has 1 atom stereocenters. The molecule has 0 aliphatic rings. The van der Waals surface area contributed by atoms with Crippen molar-refractivity contribution in [2.45, 2.75) is 17.9 Å². The van der Waals surface area contributed by atoms with E-state index in [1.165, 1.54) is 26.2 Å². The molecule has 1 aromatic rings. The van der Waals surface area contributed by atoms with E-state index in [9.17, 15) is 13.2 Å². The fourth-order valence-electron chi connectivity index (χ4n) is 1.42. The highest BCUT2D eigenvalue weighted by atomic mass is 32.2. The number of rotatable bonds is 5. The number of Topliss-reactive ketones (excluding diaryl/α,β-unsaturated/α-hetero) is 1. The highest BCUT2D eigenvalue weighted by molar-refractivity contribution is 7.89. The third-order valence-electron chi connectivity index (χ3n) is 2.36. The SMILES string of the molecule is COc1ccc(C(=O)[C@@H](C)N=[N+]=[N-])cc1S(N)(=O)=O. The number of hydrogen-bond acceptors (Lipinski definition) is 5. The van der Waals surface area contributed by atoms with Gasteiger partial charge in [0, 0.05) is 10.5 Å². The maximum absolute atomic E-state index is 11.9. The molecule has 0 spiro atoms. The molecule has 0 aliphatic carbocycles. The summed E-state index contributed by atoms with van der Waals surface area (Å²) in [5, 5.41) is 8.29. The summed E-state index contributed by atoms with van der Waals surface area (Å²) in [4.78, 5) is 14.1. The second-order valence-electron chi connectivity index (χ2n) is 3.66. The van der Waals surface area contributed by atoms with Crippen LogP contribution in [0.5, 0.6) is 5.75 Å². The Bertz CT molecular complexity index is 649. The molecule has 0 bridgehead atoms. The number of methoxy groups -OCH3 is 1. The molecule has 1 rings (SSSR count). The monoisotopic (exact) mass is 284 g/mol. The van der Waals surface area contributed by atoms with Crippen LogP contribution in [0, 0.1) is 0 Å². The Balaban J connectivity index is 3.34. The predicted molar refractivity (Wildman–Crippen MR) is 67.3 cm³/mol. The normalized spacial score (nSPS) is 12.4. The summed E-state index contributed by atoms with van der Waals surface area (Å²) in [6, 6.07) is 2.85. The molecule has 19 heavy (non-hydrogen) atoms. The lowest BCUT2D eigenvalue weighted by molar-refractivity contribution is 0.0968. The topological polar surface area (TPSA) is 135 Å². The standard InChI is InChI=1S/C10H12N4O4S/c1-6(13-14-11)10(15)7-3-4-8(18-2)9(5-7)19(12,16)17/h3-6H,1-2H3,(H2,12,16,17)/t6-/m1/s1. The van der Waals surface area contributed by atoms with Gasteiger partial charge in [-0.2, -0.15) is 0 Å². The zero-order valence-corrected chi connectivity index (χ0v) is 11.1. The maximum atomic E-state index is 11.9. The number of benzene rings is 1. The Kier molecular flexibility index (Phi) is 4.49. The molecule has 0 saturated heterocycles. The van der Waals surface area contributed by atoms with Crippen molar-refractivity contribution in [2.75, 3.05) is 7.11 Å². The maximum Gasteiger partial charge on any atom is 0.241 e. The van der Waals surface area contributed by atoms with Crippen molar-refractivity contribution >= 4 is 15.8 Å². The lowest BCUT2D eigenvalue weighted by Gasteiger charge is -2.09. The zero-order valence-electron chi connectivity index (χ0n) is 10.3. The minimum atomic E-state index is -4.02. The van der Waals surface area contributed by atoms with Crippen LogP contribution in [0.2, 0.25) is 0 Å². The molecule has 8 nitrogen and oxygen atoms in total. The Labute approximate surface area is 109 Å². The molecule has 0 amide bonds. The van der Waals surface area contributed by atoms with Gasteiger partial charge in [-0.15, -0.1) is 0 Å². The van der Waals surface area contributed by atoms with E-state index in [-0.39, 0.29) is 16.2 Å². The van der Waals surface area contributed by atoms with E-state index < -0.39 is 21.8 Å². The van der Waals surface area contributed by atoms with E-state index in [0.717, 1.165) is 6.07 Å². The average Bonchev–Trinajstić information content (AvgIpc) is 2.36. The Hall–Kier alpha value is -2.09. The third kappa shape index (κ3) is 3.44. The fourth-order valence-corrected chi connectivity index (χ4v) is 2.15. The molecular weight excluding hydrogens is 272 g/mol. The fraction of sp³-hybridized carbons (Fsp3) is 0.300. The van der Waals surface area contributed by atoms with Gasteiger partial charge in [0.2, 0.25) is 10.0 Å². The Morgan fingerprint density at radius 3 is 2.63 bits per heavy atom. The first-order valence-electron chi connectivity index (χ1n) is 5.10. The first-order chi connectivity index (χ1) is 8.81. The second-order valence-corrected chi connectivity index (χ2v) is 5.19. The van der Waals surface area contributed by atoms with Crippen molar-refractivity contribution in [2.24, 2.45) is 10.3 Å². The van der Waals surface area contributed by atoms with Gasteiger partial charge in [0.25, 0.3) is 0 Å². The van der Waals surface area contributed by atoms with Gasteiger partial charge in [-0.05, 0) is 30.7 Å². The highest BCUT2D eigenvalue weighted by Crippen LogP contribution is 2.24. The number of sulfonamides is 1. The summed E-state index contributed by atoms with van der Waals surface area (Å²) in [6.07, 6.45) is 0. The Morgan fingerprint density at radius 2 is 2.16 bits per heavy atom. The largest absolute Gasteiger partial charge is 0.495 e. The summed E-state index contributed by atoms with van der Waals surface area (Å²) < 4.78 is 27.6. The van der Waals surface area contributed by atoms with Crippen molar-refractivity contribution in [1.29, 1.82) is 0 Å². The molecule has 9 heteroatoms. The number of nitrogens with zero attached hydrogens (tertiary/aromatic N) is 3. The molecule has 0 heterocycles. The molecule has 0 saturated carbocycles. The van der Waals surface area contributed by atoms with Crippen LogP contribution >= 0.6 is 0 Å². The molecule has 1 aromatic carbocycles. The van der Waals surface area contributed by atoms with Crippen molar-refractivity contribution in [3.63, 3.8) is 0 Å². The van der Waals surface area contributed by atoms with E-state index in [4.69, 9.17) is 15.4 Å². The number of hydrogen-bond donors (Lipinski definition) is 1. The minimum Gasteiger partial charge on any atom is -0.495 e. The number of azide groups is 1. The van der Waals surface area contributed by atoms with Crippen LogP contribution in [-0.4, -0.2) is 27.4 Å². The summed E-state index contributed by atoms with van der Waals surface area (Å²) in [5.41, 5.74) is 8.34. The smallest absolute Gasteiger partial charge is 0.241 e.